The van der Waals surface area contributed by atoms with Crippen LogP contribution in [0.5, 0.6) is 0 Å². The van der Waals surface area contributed by atoms with E-state index in [1.54, 1.807) is 6.33 Å². The summed E-state index contributed by atoms with van der Waals surface area (Å²) >= 11 is 0. The smallest absolute Gasteiger partial charge is 0.191 e. The molecular formula is C22H36IN7. The van der Waals surface area contributed by atoms with Crippen molar-refractivity contribution in [1.29, 1.82) is 0 Å². The predicted octanol–water partition coefficient (Wildman–Crippen LogP) is 3.20. The number of halogens is 1. The lowest BCUT2D eigenvalue weighted by Gasteiger charge is -2.26. The van der Waals surface area contributed by atoms with Gasteiger partial charge in [-0.05, 0) is 44.0 Å². The molecule has 0 amide bonds. The van der Waals surface area contributed by atoms with Crippen molar-refractivity contribution in [2.75, 3.05) is 26.2 Å². The van der Waals surface area contributed by atoms with E-state index in [0.717, 1.165) is 44.4 Å². The van der Waals surface area contributed by atoms with E-state index in [1.165, 1.54) is 43.5 Å². The van der Waals surface area contributed by atoms with Gasteiger partial charge in [-0.15, -0.1) is 34.2 Å². The molecule has 0 bridgehead atoms. The van der Waals surface area contributed by atoms with E-state index in [4.69, 9.17) is 4.99 Å². The fraction of sp³-hybridized carbons (Fsp3) is 0.591. The molecule has 0 radical (unpaired) electrons. The van der Waals surface area contributed by atoms with Crippen LogP contribution >= 0.6 is 24.0 Å². The molecular weight excluding hydrogens is 489 g/mol. The summed E-state index contributed by atoms with van der Waals surface area (Å²) in [6.45, 7) is 10.8. The van der Waals surface area contributed by atoms with Crippen LogP contribution in [0.3, 0.4) is 0 Å². The lowest BCUT2D eigenvalue weighted by molar-refractivity contribution is 0.221. The minimum Gasteiger partial charge on any atom is -0.357 e. The molecule has 0 unspecified atom stereocenters. The van der Waals surface area contributed by atoms with Crippen molar-refractivity contribution in [2.45, 2.75) is 59.2 Å². The third-order valence-electron chi connectivity index (χ3n) is 5.30. The Morgan fingerprint density at radius 3 is 2.47 bits per heavy atom. The largest absolute Gasteiger partial charge is 0.357 e. The highest BCUT2D eigenvalue weighted by molar-refractivity contribution is 14.0. The van der Waals surface area contributed by atoms with E-state index in [9.17, 15) is 0 Å². The van der Waals surface area contributed by atoms with E-state index >= 15 is 0 Å². The fourth-order valence-corrected chi connectivity index (χ4v) is 3.67. The SMILES string of the molecule is CCNC(=NCc1ccc(CN2CCCCC2)cc1)NCCn1cnnc1CC.I. The highest BCUT2D eigenvalue weighted by Gasteiger charge is 2.10. The summed E-state index contributed by atoms with van der Waals surface area (Å²) in [5, 5.41) is 14.8. The first kappa shape index (κ1) is 24.6. The molecule has 8 heteroatoms. The van der Waals surface area contributed by atoms with Gasteiger partial charge in [0.05, 0.1) is 6.54 Å². The summed E-state index contributed by atoms with van der Waals surface area (Å²) in [6.07, 6.45) is 6.74. The minimum absolute atomic E-state index is 0. The first-order valence-electron chi connectivity index (χ1n) is 11.0. The topological polar surface area (TPSA) is 70.4 Å². The Kier molecular flexibility index (Phi) is 11.1. The van der Waals surface area contributed by atoms with Crippen LogP contribution in [0.1, 0.15) is 50.1 Å². The maximum atomic E-state index is 4.73. The maximum absolute atomic E-state index is 4.73. The molecule has 0 aliphatic carbocycles. The average molecular weight is 525 g/mol. The number of benzene rings is 1. The van der Waals surface area contributed by atoms with Crippen molar-refractivity contribution in [3.05, 3.63) is 47.5 Å². The summed E-state index contributed by atoms with van der Waals surface area (Å²) in [5.41, 5.74) is 2.63. The van der Waals surface area contributed by atoms with E-state index in [1.807, 2.05) is 0 Å². The molecule has 1 aromatic carbocycles. The lowest BCUT2D eigenvalue weighted by atomic mass is 10.1. The van der Waals surface area contributed by atoms with Crippen LogP contribution in [-0.4, -0.2) is 51.8 Å². The molecule has 0 atom stereocenters. The first-order valence-corrected chi connectivity index (χ1v) is 11.0. The first-order chi connectivity index (χ1) is 14.3. The molecule has 2 N–H and O–H groups in total. The Morgan fingerprint density at radius 1 is 1.03 bits per heavy atom. The Bertz CT molecular complexity index is 751. The summed E-state index contributed by atoms with van der Waals surface area (Å²) in [4.78, 5) is 7.29. The highest BCUT2D eigenvalue weighted by Crippen LogP contribution is 2.14. The van der Waals surface area contributed by atoms with Crippen LogP contribution in [0.15, 0.2) is 35.6 Å². The Morgan fingerprint density at radius 2 is 1.77 bits per heavy atom. The van der Waals surface area contributed by atoms with E-state index in [2.05, 4.69) is 68.4 Å². The number of hydrogen-bond acceptors (Lipinski definition) is 4. The van der Waals surface area contributed by atoms with Gasteiger partial charge in [-0.2, -0.15) is 0 Å². The maximum Gasteiger partial charge on any atom is 0.191 e. The minimum atomic E-state index is 0. The van der Waals surface area contributed by atoms with E-state index < -0.39 is 0 Å². The van der Waals surface area contributed by atoms with Gasteiger partial charge < -0.3 is 15.2 Å². The van der Waals surface area contributed by atoms with Gasteiger partial charge in [-0.1, -0.05) is 37.6 Å². The normalized spacial score (nSPS) is 14.9. The summed E-state index contributed by atoms with van der Waals surface area (Å²) in [5.74, 6) is 1.86. The van der Waals surface area contributed by atoms with Gasteiger partial charge in [0, 0.05) is 32.6 Å². The quantitative estimate of drug-likeness (QED) is 0.299. The number of aromatic nitrogens is 3. The molecule has 1 aliphatic heterocycles. The number of piperidine rings is 1. The molecule has 0 saturated carbocycles. The molecule has 3 rings (SSSR count). The van der Waals surface area contributed by atoms with E-state index in [0.29, 0.717) is 6.54 Å². The second kappa shape index (κ2) is 13.6. The van der Waals surface area contributed by atoms with Crippen molar-refractivity contribution in [2.24, 2.45) is 4.99 Å². The molecule has 1 aromatic heterocycles. The molecule has 7 nitrogen and oxygen atoms in total. The standard InChI is InChI=1S/C22H35N7.HI/c1-3-21-27-26-18-29(21)15-12-24-22(23-4-2)25-16-19-8-10-20(11-9-19)17-28-13-6-5-7-14-28;/h8-11,18H,3-7,12-17H2,1-2H3,(H2,23,24,25);1H. The van der Waals surface area contributed by atoms with Crippen LogP contribution in [0.25, 0.3) is 0 Å². The van der Waals surface area contributed by atoms with Gasteiger partial charge in [0.1, 0.15) is 12.2 Å². The molecule has 1 aliphatic rings. The highest BCUT2D eigenvalue weighted by atomic mass is 127. The third kappa shape index (κ3) is 7.86. The number of rotatable bonds is 9. The van der Waals surface area contributed by atoms with Crippen LogP contribution in [0.2, 0.25) is 0 Å². The summed E-state index contributed by atoms with van der Waals surface area (Å²) in [6, 6.07) is 8.91. The average Bonchev–Trinajstić information content (AvgIpc) is 3.21. The van der Waals surface area contributed by atoms with Gasteiger partial charge in [-0.25, -0.2) is 4.99 Å². The number of nitrogens with one attached hydrogen (secondary N) is 2. The number of nitrogens with zero attached hydrogens (tertiary/aromatic N) is 5. The van der Waals surface area contributed by atoms with Crippen LogP contribution in [-0.2, 0) is 26.1 Å². The Labute approximate surface area is 197 Å². The van der Waals surface area contributed by atoms with Crippen molar-refractivity contribution < 1.29 is 0 Å². The second-order valence-electron chi connectivity index (χ2n) is 7.57. The monoisotopic (exact) mass is 525 g/mol. The summed E-state index contributed by atoms with van der Waals surface area (Å²) < 4.78 is 2.08. The van der Waals surface area contributed by atoms with Crippen LogP contribution in [0.4, 0.5) is 0 Å². The van der Waals surface area contributed by atoms with Crippen molar-refractivity contribution in [3.8, 4) is 0 Å². The van der Waals surface area contributed by atoms with Gasteiger partial charge in [0.15, 0.2) is 5.96 Å². The van der Waals surface area contributed by atoms with Crippen molar-refractivity contribution in [1.82, 2.24) is 30.3 Å². The summed E-state index contributed by atoms with van der Waals surface area (Å²) in [7, 11) is 0. The molecule has 2 heterocycles. The van der Waals surface area contributed by atoms with Crippen LogP contribution < -0.4 is 10.6 Å². The lowest BCUT2D eigenvalue weighted by Crippen LogP contribution is -2.38. The van der Waals surface area contributed by atoms with Gasteiger partial charge in [-0.3, -0.25) is 4.90 Å². The molecule has 1 saturated heterocycles. The molecule has 1 fully saturated rings. The zero-order valence-electron chi connectivity index (χ0n) is 18.3. The third-order valence-corrected chi connectivity index (χ3v) is 5.30. The number of aliphatic imine (C=N–C) groups is 1. The second-order valence-corrected chi connectivity index (χ2v) is 7.57. The number of guanidine groups is 1. The zero-order chi connectivity index (χ0) is 20.3. The van der Waals surface area contributed by atoms with Gasteiger partial charge >= 0.3 is 0 Å². The fourth-order valence-electron chi connectivity index (χ4n) is 3.67. The molecule has 0 spiro atoms. The number of hydrogen-bond donors (Lipinski definition) is 2. The Balaban J connectivity index is 0.00000320. The van der Waals surface area contributed by atoms with Crippen molar-refractivity contribution >= 4 is 29.9 Å². The van der Waals surface area contributed by atoms with Gasteiger partial charge in [0.2, 0.25) is 0 Å². The molecule has 30 heavy (non-hydrogen) atoms. The van der Waals surface area contributed by atoms with E-state index in [-0.39, 0.29) is 24.0 Å². The van der Waals surface area contributed by atoms with Crippen LogP contribution in [0, 0.1) is 0 Å². The Hall–Kier alpha value is -1.68. The molecule has 166 valence electrons. The number of aryl methyl sites for hydroxylation is 1. The zero-order valence-corrected chi connectivity index (χ0v) is 20.6. The van der Waals surface area contributed by atoms with Crippen molar-refractivity contribution in [3.63, 3.8) is 0 Å². The van der Waals surface area contributed by atoms with Gasteiger partial charge in [0.25, 0.3) is 0 Å². The molecule has 2 aromatic rings. The number of likely N-dealkylation sites (tertiary alicyclic amines) is 1. The predicted molar refractivity (Wildman–Crippen MR) is 133 cm³/mol.